The lowest BCUT2D eigenvalue weighted by atomic mass is 9.54. The number of nitrogens with zero attached hydrogens (tertiary/aromatic N) is 2. The number of rotatable bonds is 5. The van der Waals surface area contributed by atoms with E-state index < -0.39 is 50.3 Å². The lowest BCUT2D eigenvalue weighted by Crippen LogP contribution is -2.57. The van der Waals surface area contributed by atoms with Gasteiger partial charge in [-0.1, -0.05) is 48.5 Å². The highest BCUT2D eigenvalue weighted by atomic mass is 35.5. The quantitative estimate of drug-likeness (QED) is 0.151. The van der Waals surface area contributed by atoms with E-state index >= 15 is 0 Å². The number of carbonyl (C=O) groups is 3. The zero-order chi connectivity index (χ0) is 27.0. The summed E-state index contributed by atoms with van der Waals surface area (Å²) in [4.78, 5) is 49.4. The summed E-state index contributed by atoms with van der Waals surface area (Å²) in [5.41, 5.74) is 3.13. The number of nitro groups is 1. The van der Waals surface area contributed by atoms with Gasteiger partial charge in [-0.2, -0.15) is 0 Å². The summed E-state index contributed by atoms with van der Waals surface area (Å²) < 4.78 is 5.38. The molecule has 1 aliphatic heterocycles. The van der Waals surface area contributed by atoms with E-state index in [1.54, 1.807) is 0 Å². The number of likely N-dealkylation sites (tertiary alicyclic amines) is 1. The van der Waals surface area contributed by atoms with Crippen molar-refractivity contribution in [3.63, 3.8) is 0 Å². The minimum absolute atomic E-state index is 0.0917. The number of amides is 2. The van der Waals surface area contributed by atoms with Crippen molar-refractivity contribution >= 4 is 46.7 Å². The lowest BCUT2D eigenvalue weighted by molar-refractivity contribution is -0.384. The van der Waals surface area contributed by atoms with E-state index in [-0.39, 0.29) is 12.3 Å². The van der Waals surface area contributed by atoms with E-state index in [1.165, 1.54) is 31.2 Å². The molecule has 1 fully saturated rings. The SMILES string of the molecule is C[C@H](C(=O)OCc1ccc([N+](=O)[O-])cc1)N1C(=O)[C@H]2[C@H](C1=O)C1(Cl)c3ccccc3C2(Cl)c2ccccc21. The van der Waals surface area contributed by atoms with Crippen LogP contribution in [0.1, 0.15) is 34.7 Å². The second-order valence-corrected chi connectivity index (χ2v) is 10.9. The fourth-order valence-electron chi connectivity index (χ4n) is 6.16. The second-order valence-electron chi connectivity index (χ2n) is 9.72. The average molecular weight is 551 g/mol. The van der Waals surface area contributed by atoms with E-state index in [0.717, 1.165) is 4.90 Å². The summed E-state index contributed by atoms with van der Waals surface area (Å²) in [5.74, 6) is -3.97. The summed E-state index contributed by atoms with van der Waals surface area (Å²) in [6, 6.07) is 18.9. The molecule has 0 spiro atoms. The van der Waals surface area contributed by atoms with Crippen molar-refractivity contribution in [3.8, 4) is 0 Å². The van der Waals surface area contributed by atoms with Gasteiger partial charge in [-0.25, -0.2) is 4.79 Å². The Labute approximate surface area is 227 Å². The largest absolute Gasteiger partial charge is 0.459 e. The van der Waals surface area contributed by atoms with Gasteiger partial charge in [0.15, 0.2) is 0 Å². The Kier molecular flexibility index (Phi) is 5.42. The van der Waals surface area contributed by atoms with E-state index in [9.17, 15) is 24.5 Å². The number of non-ortho nitro benzene ring substituents is 1. The maximum Gasteiger partial charge on any atom is 0.329 e. The Hall–Kier alpha value is -3.75. The third-order valence-electron chi connectivity index (χ3n) is 7.88. The van der Waals surface area contributed by atoms with Crippen LogP contribution in [0.5, 0.6) is 0 Å². The molecule has 0 unspecified atom stereocenters. The van der Waals surface area contributed by atoms with Crippen molar-refractivity contribution in [2.45, 2.75) is 29.3 Å². The van der Waals surface area contributed by atoms with Crippen LogP contribution >= 0.6 is 23.2 Å². The molecule has 8 nitrogen and oxygen atoms in total. The molecule has 3 aliphatic carbocycles. The number of ether oxygens (including phenoxy) is 1. The molecule has 2 amide bonds. The fourth-order valence-corrected chi connectivity index (χ4v) is 7.26. The predicted molar refractivity (Wildman–Crippen MR) is 137 cm³/mol. The number of halogens is 2. The average Bonchev–Trinajstić information content (AvgIpc) is 3.21. The van der Waals surface area contributed by atoms with E-state index in [0.29, 0.717) is 27.8 Å². The molecule has 2 bridgehead atoms. The van der Waals surface area contributed by atoms with Gasteiger partial charge in [0.25, 0.3) is 5.69 Å². The minimum atomic E-state index is -1.33. The number of nitro benzene ring substituents is 1. The number of imide groups is 1. The van der Waals surface area contributed by atoms with Gasteiger partial charge < -0.3 is 4.74 Å². The summed E-state index contributed by atoms with van der Waals surface area (Å²) in [5, 5.41) is 10.9. The first-order chi connectivity index (χ1) is 18.1. The summed E-state index contributed by atoms with van der Waals surface area (Å²) in [6.45, 7) is 1.25. The molecule has 10 heteroatoms. The highest BCUT2D eigenvalue weighted by Gasteiger charge is 2.73. The van der Waals surface area contributed by atoms with E-state index in [4.69, 9.17) is 27.9 Å². The van der Waals surface area contributed by atoms with Gasteiger partial charge in [-0.05, 0) is 46.9 Å². The zero-order valence-electron chi connectivity index (χ0n) is 20.0. The number of carbonyl (C=O) groups excluding carboxylic acids is 3. The Morgan fingerprint density at radius 1 is 0.895 bits per heavy atom. The molecule has 38 heavy (non-hydrogen) atoms. The Bertz CT molecular complexity index is 1420. The topological polar surface area (TPSA) is 107 Å². The first-order valence-electron chi connectivity index (χ1n) is 12.0. The molecule has 0 radical (unpaired) electrons. The molecule has 3 aromatic rings. The Morgan fingerprint density at radius 3 is 1.71 bits per heavy atom. The van der Waals surface area contributed by atoms with Crippen LogP contribution in [-0.4, -0.2) is 33.6 Å². The van der Waals surface area contributed by atoms with Crippen molar-refractivity contribution < 1.29 is 24.0 Å². The maximum absolute atomic E-state index is 13.9. The summed E-state index contributed by atoms with van der Waals surface area (Å²) >= 11 is 14.8. The van der Waals surface area contributed by atoms with Gasteiger partial charge in [-0.15, -0.1) is 23.2 Å². The van der Waals surface area contributed by atoms with Crippen LogP contribution in [0.3, 0.4) is 0 Å². The molecule has 0 saturated carbocycles. The van der Waals surface area contributed by atoms with Crippen molar-refractivity contribution in [1.82, 2.24) is 4.90 Å². The smallest absolute Gasteiger partial charge is 0.329 e. The minimum Gasteiger partial charge on any atom is -0.459 e. The van der Waals surface area contributed by atoms with E-state index in [2.05, 4.69) is 0 Å². The molecule has 0 aromatic heterocycles. The van der Waals surface area contributed by atoms with Crippen molar-refractivity contribution in [2.75, 3.05) is 0 Å². The van der Waals surface area contributed by atoms with Gasteiger partial charge in [0.05, 0.1) is 16.8 Å². The van der Waals surface area contributed by atoms with Crippen LogP contribution in [0, 0.1) is 22.0 Å². The van der Waals surface area contributed by atoms with Gasteiger partial charge in [0.1, 0.15) is 22.4 Å². The van der Waals surface area contributed by atoms with Crippen molar-refractivity contribution in [1.29, 1.82) is 0 Å². The molecule has 7 rings (SSSR count). The first-order valence-corrected chi connectivity index (χ1v) is 12.7. The maximum atomic E-state index is 13.9. The van der Waals surface area contributed by atoms with Crippen LogP contribution in [0.15, 0.2) is 72.8 Å². The van der Waals surface area contributed by atoms with Gasteiger partial charge >= 0.3 is 5.97 Å². The molecule has 1 saturated heterocycles. The Morgan fingerprint density at radius 2 is 1.32 bits per heavy atom. The molecule has 3 atom stereocenters. The van der Waals surface area contributed by atoms with Crippen LogP contribution in [0.25, 0.3) is 0 Å². The highest BCUT2D eigenvalue weighted by Crippen LogP contribution is 2.69. The van der Waals surface area contributed by atoms with Gasteiger partial charge in [0, 0.05) is 12.1 Å². The van der Waals surface area contributed by atoms with Crippen molar-refractivity contribution in [2.24, 2.45) is 11.8 Å². The first kappa shape index (κ1) is 24.6. The Balaban J connectivity index is 1.33. The number of hydrogen-bond donors (Lipinski definition) is 0. The molecule has 4 aliphatic rings. The van der Waals surface area contributed by atoms with Gasteiger partial charge in [-0.3, -0.25) is 24.6 Å². The number of benzene rings is 3. The summed E-state index contributed by atoms with van der Waals surface area (Å²) in [7, 11) is 0. The summed E-state index contributed by atoms with van der Waals surface area (Å²) in [6.07, 6.45) is 0. The van der Waals surface area contributed by atoms with Crippen LogP contribution in [0.4, 0.5) is 5.69 Å². The third kappa shape index (κ3) is 3.07. The molecule has 192 valence electrons. The predicted octanol–water partition coefficient (Wildman–Crippen LogP) is 4.62. The number of hydrogen-bond acceptors (Lipinski definition) is 6. The molecule has 1 heterocycles. The number of esters is 1. The highest BCUT2D eigenvalue weighted by molar-refractivity contribution is 6.36. The van der Waals surface area contributed by atoms with Crippen molar-refractivity contribution in [3.05, 3.63) is 111 Å². The number of alkyl halides is 2. The lowest BCUT2D eigenvalue weighted by Gasteiger charge is -2.54. The fraction of sp³-hybridized carbons (Fsp3) is 0.250. The molecular formula is C28H20Cl2N2O6. The normalized spacial score (nSPS) is 27.4. The van der Waals surface area contributed by atoms with E-state index in [1.807, 2.05) is 48.5 Å². The standard InChI is InChI=1S/C28H20Cl2N2O6/c1-15(26(35)38-14-16-10-12-17(13-11-16)32(36)37)31-24(33)22-23(25(31)34)28(30)19-7-3-2-6-18(19)27(22,29)20-8-4-5-9-21(20)28/h2-13,15,22-23H,14H2,1H3/t15-,22-,23-,27?,28?/m1/s1. The molecular weight excluding hydrogens is 531 g/mol. The molecule has 3 aromatic carbocycles. The molecule has 0 N–H and O–H groups in total. The third-order valence-corrected chi connectivity index (χ3v) is 9.16. The van der Waals surface area contributed by atoms with Crippen LogP contribution in [-0.2, 0) is 35.5 Å². The van der Waals surface area contributed by atoms with Crippen LogP contribution < -0.4 is 0 Å². The monoisotopic (exact) mass is 550 g/mol. The van der Waals surface area contributed by atoms with Crippen LogP contribution in [0.2, 0.25) is 0 Å². The zero-order valence-corrected chi connectivity index (χ0v) is 21.5. The second kappa shape index (κ2) is 8.38. The van der Waals surface area contributed by atoms with Gasteiger partial charge in [0.2, 0.25) is 11.8 Å².